The molecule has 1 unspecified atom stereocenters. The van der Waals surface area contributed by atoms with E-state index in [4.69, 9.17) is 10.5 Å². The summed E-state index contributed by atoms with van der Waals surface area (Å²) in [7, 11) is 1.68. The van der Waals surface area contributed by atoms with Crippen LogP contribution in [0.3, 0.4) is 0 Å². The van der Waals surface area contributed by atoms with Crippen molar-refractivity contribution in [3.63, 3.8) is 0 Å². The molecule has 6 heteroatoms. The molecule has 0 spiro atoms. The Morgan fingerprint density at radius 1 is 1.52 bits per heavy atom. The SMILES string of the molecule is COCCN(C(=O)c1cc(N)cn1C1CC1)C1CCSC1. The maximum atomic E-state index is 13.0. The molecule has 2 fully saturated rings. The lowest BCUT2D eigenvalue weighted by Gasteiger charge is -2.28. The first-order valence-corrected chi connectivity index (χ1v) is 8.71. The monoisotopic (exact) mass is 309 g/mol. The van der Waals surface area contributed by atoms with Gasteiger partial charge in [-0.15, -0.1) is 0 Å². The second kappa shape index (κ2) is 6.32. The van der Waals surface area contributed by atoms with Gasteiger partial charge in [0.25, 0.3) is 5.91 Å². The minimum Gasteiger partial charge on any atom is -0.397 e. The predicted molar refractivity (Wildman–Crippen MR) is 85.8 cm³/mol. The van der Waals surface area contributed by atoms with E-state index >= 15 is 0 Å². The maximum absolute atomic E-state index is 13.0. The minimum atomic E-state index is 0.100. The highest BCUT2D eigenvalue weighted by atomic mass is 32.2. The lowest BCUT2D eigenvalue weighted by molar-refractivity contribution is 0.0614. The van der Waals surface area contributed by atoms with Gasteiger partial charge in [-0.05, 0) is 31.1 Å². The second-order valence-electron chi connectivity index (χ2n) is 5.81. The first kappa shape index (κ1) is 14.8. The first-order chi connectivity index (χ1) is 10.2. The molecule has 1 saturated heterocycles. The average molecular weight is 309 g/mol. The quantitative estimate of drug-likeness (QED) is 0.873. The third-order valence-electron chi connectivity index (χ3n) is 4.17. The highest BCUT2D eigenvalue weighted by Crippen LogP contribution is 2.37. The molecule has 2 N–H and O–H groups in total. The molecule has 2 aliphatic rings. The molecule has 1 amide bonds. The van der Waals surface area contributed by atoms with Gasteiger partial charge in [0.05, 0.1) is 12.3 Å². The number of ether oxygens (including phenoxy) is 1. The number of carbonyl (C=O) groups excluding carboxylic acids is 1. The summed E-state index contributed by atoms with van der Waals surface area (Å²) in [6, 6.07) is 2.60. The van der Waals surface area contributed by atoms with E-state index < -0.39 is 0 Å². The summed E-state index contributed by atoms with van der Waals surface area (Å²) in [6.07, 6.45) is 5.26. The van der Waals surface area contributed by atoms with Gasteiger partial charge in [0, 0.05) is 37.7 Å². The van der Waals surface area contributed by atoms with E-state index in [1.165, 1.54) is 0 Å². The Morgan fingerprint density at radius 3 is 2.95 bits per heavy atom. The van der Waals surface area contributed by atoms with Gasteiger partial charge < -0.3 is 19.9 Å². The number of hydrogen-bond acceptors (Lipinski definition) is 4. The molecule has 1 atom stereocenters. The molecule has 1 aromatic rings. The topological polar surface area (TPSA) is 60.5 Å². The van der Waals surface area contributed by atoms with Crippen LogP contribution in [0.15, 0.2) is 12.3 Å². The second-order valence-corrected chi connectivity index (χ2v) is 6.96. The zero-order valence-electron chi connectivity index (χ0n) is 12.5. The number of carbonyl (C=O) groups is 1. The van der Waals surface area contributed by atoms with E-state index in [9.17, 15) is 4.79 Å². The highest BCUT2D eigenvalue weighted by Gasteiger charge is 2.32. The number of hydrogen-bond donors (Lipinski definition) is 1. The molecule has 3 rings (SSSR count). The van der Waals surface area contributed by atoms with E-state index in [1.54, 1.807) is 7.11 Å². The molecule has 1 aliphatic carbocycles. The largest absolute Gasteiger partial charge is 0.397 e. The van der Waals surface area contributed by atoms with Crippen molar-refractivity contribution in [1.82, 2.24) is 9.47 Å². The number of nitrogens with zero attached hydrogens (tertiary/aromatic N) is 2. The normalized spacial score (nSPS) is 21.7. The summed E-state index contributed by atoms with van der Waals surface area (Å²) in [6.45, 7) is 1.23. The van der Waals surface area contributed by atoms with Crippen molar-refractivity contribution in [2.75, 3.05) is 37.5 Å². The van der Waals surface area contributed by atoms with Crippen molar-refractivity contribution in [2.45, 2.75) is 31.3 Å². The zero-order valence-corrected chi connectivity index (χ0v) is 13.3. The summed E-state index contributed by atoms with van der Waals surface area (Å²) < 4.78 is 7.25. The van der Waals surface area contributed by atoms with Crippen LogP contribution < -0.4 is 5.73 Å². The zero-order chi connectivity index (χ0) is 14.8. The van der Waals surface area contributed by atoms with Gasteiger partial charge in [0.1, 0.15) is 5.69 Å². The number of aromatic nitrogens is 1. The molecule has 116 valence electrons. The third-order valence-corrected chi connectivity index (χ3v) is 5.32. The number of methoxy groups -OCH3 is 1. The molecule has 1 aliphatic heterocycles. The van der Waals surface area contributed by atoms with Crippen LogP contribution in [0.1, 0.15) is 35.8 Å². The van der Waals surface area contributed by atoms with Crippen molar-refractivity contribution in [3.8, 4) is 0 Å². The standard InChI is InChI=1S/C15H23N3O2S/c1-20-6-5-17(13-4-7-21-10-13)15(19)14-8-11(16)9-18(14)12-2-3-12/h8-9,12-13H,2-7,10,16H2,1H3. The number of nitrogen functional groups attached to an aromatic ring is 1. The number of anilines is 1. The van der Waals surface area contributed by atoms with Crippen molar-refractivity contribution >= 4 is 23.4 Å². The van der Waals surface area contributed by atoms with Gasteiger partial charge in [-0.1, -0.05) is 0 Å². The smallest absolute Gasteiger partial charge is 0.270 e. The average Bonchev–Trinajstić information content (AvgIpc) is 3.03. The number of thioether (sulfide) groups is 1. The molecule has 0 aromatic carbocycles. The van der Waals surface area contributed by atoms with Gasteiger partial charge in [0.15, 0.2) is 0 Å². The fraction of sp³-hybridized carbons (Fsp3) is 0.667. The third kappa shape index (κ3) is 3.21. The molecule has 2 heterocycles. The molecule has 21 heavy (non-hydrogen) atoms. The van der Waals surface area contributed by atoms with Gasteiger partial charge >= 0.3 is 0 Å². The minimum absolute atomic E-state index is 0.100. The summed E-state index contributed by atoms with van der Waals surface area (Å²) in [4.78, 5) is 15.0. The van der Waals surface area contributed by atoms with Crippen molar-refractivity contribution in [3.05, 3.63) is 18.0 Å². The Labute approximate surface area is 129 Å². The van der Waals surface area contributed by atoms with Gasteiger partial charge in [-0.25, -0.2) is 0 Å². The van der Waals surface area contributed by atoms with Gasteiger partial charge in [-0.2, -0.15) is 11.8 Å². The Kier molecular flexibility index (Phi) is 4.45. The van der Waals surface area contributed by atoms with Crippen molar-refractivity contribution in [2.24, 2.45) is 0 Å². The van der Waals surface area contributed by atoms with Crippen LogP contribution in [-0.4, -0.2) is 53.2 Å². The van der Waals surface area contributed by atoms with E-state index in [-0.39, 0.29) is 5.91 Å². The summed E-state index contributed by atoms with van der Waals surface area (Å²) >= 11 is 1.92. The lowest BCUT2D eigenvalue weighted by Crippen LogP contribution is -2.43. The lowest BCUT2D eigenvalue weighted by atomic mass is 10.2. The van der Waals surface area contributed by atoms with E-state index in [1.807, 2.05) is 28.9 Å². The van der Waals surface area contributed by atoms with Crippen molar-refractivity contribution in [1.29, 1.82) is 0 Å². The Balaban J connectivity index is 1.82. The molecular formula is C15H23N3O2S. The molecule has 0 radical (unpaired) electrons. The highest BCUT2D eigenvalue weighted by molar-refractivity contribution is 7.99. The molecule has 1 saturated carbocycles. The summed E-state index contributed by atoms with van der Waals surface area (Å²) in [5.41, 5.74) is 7.33. The van der Waals surface area contributed by atoms with Crippen molar-refractivity contribution < 1.29 is 9.53 Å². The van der Waals surface area contributed by atoms with Crippen LogP contribution in [0.25, 0.3) is 0 Å². The van der Waals surface area contributed by atoms with E-state index in [0.29, 0.717) is 30.9 Å². The number of rotatable bonds is 6. The van der Waals surface area contributed by atoms with Crippen LogP contribution in [-0.2, 0) is 4.74 Å². The Morgan fingerprint density at radius 2 is 2.33 bits per heavy atom. The molecule has 0 bridgehead atoms. The summed E-state index contributed by atoms with van der Waals surface area (Å²) in [5, 5.41) is 0. The Bertz CT molecular complexity index is 507. The Hall–Kier alpha value is -1.14. The van der Waals surface area contributed by atoms with Crippen LogP contribution in [0, 0.1) is 0 Å². The molecular weight excluding hydrogens is 286 g/mol. The van der Waals surface area contributed by atoms with Crippen LogP contribution >= 0.6 is 11.8 Å². The van der Waals surface area contributed by atoms with Crippen LogP contribution in [0.5, 0.6) is 0 Å². The van der Waals surface area contributed by atoms with E-state index in [0.717, 1.165) is 36.5 Å². The van der Waals surface area contributed by atoms with Crippen LogP contribution in [0.2, 0.25) is 0 Å². The fourth-order valence-electron chi connectivity index (χ4n) is 2.88. The van der Waals surface area contributed by atoms with Gasteiger partial charge in [0.2, 0.25) is 0 Å². The fourth-order valence-corrected chi connectivity index (χ4v) is 4.11. The van der Waals surface area contributed by atoms with Gasteiger partial charge in [-0.3, -0.25) is 4.79 Å². The van der Waals surface area contributed by atoms with E-state index in [2.05, 4.69) is 4.57 Å². The maximum Gasteiger partial charge on any atom is 0.270 e. The van der Waals surface area contributed by atoms with Crippen LogP contribution in [0.4, 0.5) is 5.69 Å². The number of amides is 1. The first-order valence-electron chi connectivity index (χ1n) is 7.55. The summed E-state index contributed by atoms with van der Waals surface area (Å²) in [5.74, 6) is 2.26. The molecule has 1 aromatic heterocycles. The number of nitrogens with two attached hydrogens (primary N) is 1. The predicted octanol–water partition coefficient (Wildman–Crippen LogP) is 2.00. The molecule has 5 nitrogen and oxygen atoms in total.